The van der Waals surface area contributed by atoms with Gasteiger partial charge in [-0.2, -0.15) is 0 Å². The van der Waals surface area contributed by atoms with Gasteiger partial charge < -0.3 is 34.0 Å². The van der Waals surface area contributed by atoms with E-state index in [1.54, 1.807) is 22.5 Å². The molecule has 0 saturated heterocycles. The van der Waals surface area contributed by atoms with Crippen LogP contribution >= 0.6 is 0 Å². The molecule has 0 fully saturated rings. The Labute approximate surface area is 228 Å². The predicted molar refractivity (Wildman–Crippen MR) is 133 cm³/mol. The number of fused-ring (bicyclic) bond motifs is 2. The molecule has 0 amide bonds. The van der Waals surface area contributed by atoms with Crippen molar-refractivity contribution in [2.75, 3.05) is 0 Å². The molecule has 34 heavy (non-hydrogen) atoms. The predicted octanol–water partition coefficient (Wildman–Crippen LogP) is 0.180. The molecule has 0 aromatic carbocycles. The van der Waals surface area contributed by atoms with Gasteiger partial charge in [-0.3, -0.25) is 0 Å². The summed E-state index contributed by atoms with van der Waals surface area (Å²) < 4.78 is 5.03. The maximum atomic E-state index is 2.52. The van der Waals surface area contributed by atoms with Crippen molar-refractivity contribution >= 4 is 0 Å². The van der Waals surface area contributed by atoms with Crippen LogP contribution < -0.4 is 43.1 Å². The highest BCUT2D eigenvalue weighted by Gasteiger charge is 2.19. The van der Waals surface area contributed by atoms with Gasteiger partial charge in [-0.15, -0.1) is 0 Å². The van der Waals surface area contributed by atoms with Gasteiger partial charge in [-0.25, -0.2) is 9.13 Å². The number of hydrogen-bond donors (Lipinski definition) is 0. The van der Waals surface area contributed by atoms with Crippen molar-refractivity contribution < 1.29 is 43.1 Å². The van der Waals surface area contributed by atoms with Crippen molar-refractivity contribution in [3.63, 3.8) is 0 Å². The van der Waals surface area contributed by atoms with Gasteiger partial charge >= 0.3 is 0 Å². The number of unbranched alkanes of at least 4 members (excludes halogenated alkanes) is 4. The summed E-state index contributed by atoms with van der Waals surface area (Å²) in [6.07, 6.45) is 31.8. The summed E-state index contributed by atoms with van der Waals surface area (Å²) in [7, 11) is 0. The molecule has 0 unspecified atom stereocenters. The lowest BCUT2D eigenvalue weighted by molar-refractivity contribution is -0.705. The smallest absolute Gasteiger partial charge is 0.184 e. The second kappa shape index (κ2) is 16.4. The molecule has 186 valence electrons. The number of allylic oxidation sites excluding steroid dienone is 4. The molecule has 2 aliphatic rings. The lowest BCUT2D eigenvalue weighted by Crippen LogP contribution is -3.00. The van der Waals surface area contributed by atoms with Crippen molar-refractivity contribution in [3.05, 3.63) is 83.5 Å². The first kappa shape index (κ1) is 29.0. The summed E-state index contributed by atoms with van der Waals surface area (Å²) in [5.74, 6) is 0. The van der Waals surface area contributed by atoms with Crippen LogP contribution in [0.5, 0.6) is 0 Å². The maximum absolute atomic E-state index is 2.52. The standard InChI is InChI=1S/C30H42N2.2BrH/c1(3-5-7-13-23-31-25-15-19-27-17-9-11-21-29(27)31)2-4-6-8-14-24-32-26-16-20-28-18-10-12-22-30(28)32;;/h1-4,15-16,19-20,25-26H,5-14,17-18,21-24H2;2*1H/q+2;;/p-2. The van der Waals surface area contributed by atoms with Crippen LogP contribution in [0.2, 0.25) is 0 Å². The van der Waals surface area contributed by atoms with E-state index in [1.807, 2.05) is 0 Å². The first-order chi connectivity index (χ1) is 15.9. The molecule has 0 bridgehead atoms. The van der Waals surface area contributed by atoms with E-state index in [9.17, 15) is 0 Å². The fourth-order valence-electron chi connectivity index (χ4n) is 5.40. The Bertz CT molecular complexity index is 845. The highest BCUT2D eigenvalue weighted by atomic mass is 79.9. The normalized spacial score (nSPS) is 14.9. The fraction of sp³-hybridized carbons (Fsp3) is 0.533. The topological polar surface area (TPSA) is 7.76 Å². The van der Waals surface area contributed by atoms with E-state index >= 15 is 0 Å². The lowest BCUT2D eigenvalue weighted by Gasteiger charge is -2.13. The Morgan fingerprint density at radius 2 is 1.03 bits per heavy atom. The Hall–Kier alpha value is -1.26. The monoisotopic (exact) mass is 588 g/mol. The van der Waals surface area contributed by atoms with Crippen LogP contribution in [0, 0.1) is 0 Å². The zero-order chi connectivity index (χ0) is 21.8. The molecule has 0 atom stereocenters. The molecule has 2 heterocycles. The molecule has 0 spiro atoms. The molecule has 4 rings (SSSR count). The van der Waals surface area contributed by atoms with E-state index in [0.717, 1.165) is 0 Å². The van der Waals surface area contributed by atoms with Gasteiger partial charge in [0, 0.05) is 48.9 Å². The second-order valence-electron chi connectivity index (χ2n) is 9.61. The highest BCUT2D eigenvalue weighted by molar-refractivity contribution is 5.18. The summed E-state index contributed by atoms with van der Waals surface area (Å²) in [4.78, 5) is 0. The SMILES string of the molecule is C(C=CCCCC[n+]1cccc2c1CCCC2)=CCCCC[n+]1cccc2c1CCCC2.[Br-].[Br-]. The molecule has 2 aromatic heterocycles. The molecule has 2 aromatic rings. The number of aromatic nitrogens is 2. The van der Waals surface area contributed by atoms with Gasteiger partial charge in [0.15, 0.2) is 23.8 Å². The minimum atomic E-state index is 0. The zero-order valence-corrected chi connectivity index (χ0v) is 23.9. The maximum Gasteiger partial charge on any atom is 0.184 e. The number of hydrogen-bond acceptors (Lipinski definition) is 0. The fourth-order valence-corrected chi connectivity index (χ4v) is 5.40. The van der Waals surface area contributed by atoms with Crippen LogP contribution in [0.15, 0.2) is 61.0 Å². The Morgan fingerprint density at radius 1 is 0.588 bits per heavy atom. The average Bonchev–Trinajstić information content (AvgIpc) is 2.85. The van der Waals surface area contributed by atoms with Gasteiger partial charge in [0.25, 0.3) is 0 Å². The van der Waals surface area contributed by atoms with Crippen molar-refractivity contribution in [2.24, 2.45) is 0 Å². The highest BCUT2D eigenvalue weighted by Crippen LogP contribution is 2.18. The number of pyridine rings is 2. The molecule has 2 aliphatic carbocycles. The van der Waals surface area contributed by atoms with Crippen LogP contribution in [0.1, 0.15) is 86.7 Å². The van der Waals surface area contributed by atoms with E-state index in [1.165, 1.54) is 103 Å². The van der Waals surface area contributed by atoms with Gasteiger partial charge in [-0.1, -0.05) is 24.3 Å². The summed E-state index contributed by atoms with van der Waals surface area (Å²) in [6.45, 7) is 2.35. The van der Waals surface area contributed by atoms with E-state index in [-0.39, 0.29) is 34.0 Å². The molecule has 0 radical (unpaired) electrons. The zero-order valence-electron chi connectivity index (χ0n) is 20.7. The van der Waals surface area contributed by atoms with Gasteiger partial charge in [0.05, 0.1) is 0 Å². The van der Waals surface area contributed by atoms with Gasteiger partial charge in [-0.05, 0) is 76.3 Å². The van der Waals surface area contributed by atoms with E-state index in [2.05, 4.69) is 70.1 Å². The van der Waals surface area contributed by atoms with Crippen LogP contribution in [0.25, 0.3) is 0 Å². The van der Waals surface area contributed by atoms with Crippen molar-refractivity contribution in [3.8, 4) is 0 Å². The largest absolute Gasteiger partial charge is 1.00 e. The van der Waals surface area contributed by atoms with Gasteiger partial charge in [0.1, 0.15) is 13.1 Å². The average molecular weight is 590 g/mol. The molecule has 4 heteroatoms. The third-order valence-corrected chi connectivity index (χ3v) is 7.20. The Kier molecular flexibility index (Phi) is 14.0. The van der Waals surface area contributed by atoms with Gasteiger partial charge in [0.2, 0.25) is 0 Å². The summed E-state index contributed by atoms with van der Waals surface area (Å²) in [5.41, 5.74) is 6.38. The summed E-state index contributed by atoms with van der Waals surface area (Å²) >= 11 is 0. The van der Waals surface area contributed by atoms with Crippen LogP contribution in [0.3, 0.4) is 0 Å². The van der Waals surface area contributed by atoms with E-state index in [0.29, 0.717) is 0 Å². The second-order valence-corrected chi connectivity index (χ2v) is 9.61. The Balaban J connectivity index is 0.00000204. The van der Waals surface area contributed by atoms with Crippen LogP contribution in [-0.4, -0.2) is 0 Å². The quantitative estimate of drug-likeness (QED) is 0.201. The molecule has 2 nitrogen and oxygen atoms in total. The molecule has 0 saturated carbocycles. The van der Waals surface area contributed by atoms with Crippen LogP contribution in [0.4, 0.5) is 0 Å². The Morgan fingerprint density at radius 3 is 1.50 bits per heavy atom. The molecule has 0 N–H and O–H groups in total. The minimum Gasteiger partial charge on any atom is -1.00 e. The molecular formula is C30H42Br2N2. The van der Waals surface area contributed by atoms with E-state index < -0.39 is 0 Å². The number of nitrogens with zero attached hydrogens (tertiary/aromatic N) is 2. The number of halogens is 2. The van der Waals surface area contributed by atoms with E-state index in [4.69, 9.17) is 0 Å². The number of aryl methyl sites for hydroxylation is 4. The number of rotatable bonds is 11. The molecular weight excluding hydrogens is 548 g/mol. The summed E-state index contributed by atoms with van der Waals surface area (Å²) in [5, 5.41) is 0. The third-order valence-electron chi connectivity index (χ3n) is 7.20. The minimum absolute atomic E-state index is 0. The first-order valence-corrected chi connectivity index (χ1v) is 13.2. The van der Waals surface area contributed by atoms with Crippen molar-refractivity contribution in [1.82, 2.24) is 0 Å². The van der Waals surface area contributed by atoms with Crippen molar-refractivity contribution in [1.29, 1.82) is 0 Å². The third kappa shape index (κ3) is 8.75. The first-order valence-electron chi connectivity index (χ1n) is 13.2. The van der Waals surface area contributed by atoms with Crippen molar-refractivity contribution in [2.45, 2.75) is 103 Å². The summed E-state index contributed by atoms with van der Waals surface area (Å²) in [6, 6.07) is 9.13. The van der Waals surface area contributed by atoms with Crippen LogP contribution in [-0.2, 0) is 38.8 Å². The lowest BCUT2D eigenvalue weighted by atomic mass is 9.96. The molecule has 0 aliphatic heterocycles.